The minimum Gasteiger partial charge on any atom is -0.484 e. The SMILES string of the molecule is CC(C)CNC(=O)NC(=O)COc1ccc(C(=O)OC(C)C)cc1. The second kappa shape index (κ2) is 9.54. The molecule has 24 heavy (non-hydrogen) atoms. The van der Waals surface area contributed by atoms with Gasteiger partial charge in [-0.1, -0.05) is 13.8 Å². The van der Waals surface area contributed by atoms with Crippen LogP contribution in [-0.2, 0) is 9.53 Å². The van der Waals surface area contributed by atoms with E-state index in [0.29, 0.717) is 23.8 Å². The van der Waals surface area contributed by atoms with Gasteiger partial charge in [-0.25, -0.2) is 9.59 Å². The van der Waals surface area contributed by atoms with E-state index >= 15 is 0 Å². The molecule has 0 unspecified atom stereocenters. The zero-order valence-corrected chi connectivity index (χ0v) is 14.4. The highest BCUT2D eigenvalue weighted by atomic mass is 16.5. The fraction of sp³-hybridized carbons (Fsp3) is 0.471. The Morgan fingerprint density at radius 1 is 1.04 bits per heavy atom. The minimum absolute atomic E-state index is 0.195. The molecule has 1 aromatic carbocycles. The van der Waals surface area contributed by atoms with Crippen LogP contribution in [0, 0.1) is 5.92 Å². The molecule has 2 N–H and O–H groups in total. The smallest absolute Gasteiger partial charge is 0.338 e. The fourth-order valence-corrected chi connectivity index (χ4v) is 1.62. The Morgan fingerprint density at radius 2 is 1.67 bits per heavy atom. The Balaban J connectivity index is 2.40. The molecule has 0 saturated carbocycles. The van der Waals surface area contributed by atoms with Gasteiger partial charge in [0.05, 0.1) is 11.7 Å². The van der Waals surface area contributed by atoms with E-state index < -0.39 is 17.9 Å². The van der Waals surface area contributed by atoms with Crippen molar-refractivity contribution in [2.24, 2.45) is 5.92 Å². The van der Waals surface area contributed by atoms with Crippen molar-refractivity contribution in [2.45, 2.75) is 33.8 Å². The van der Waals surface area contributed by atoms with Crippen LogP contribution in [0.1, 0.15) is 38.1 Å². The number of benzene rings is 1. The summed E-state index contributed by atoms with van der Waals surface area (Å²) >= 11 is 0. The highest BCUT2D eigenvalue weighted by Gasteiger charge is 2.11. The van der Waals surface area contributed by atoms with Gasteiger partial charge in [-0.15, -0.1) is 0 Å². The monoisotopic (exact) mass is 336 g/mol. The molecule has 0 aliphatic heterocycles. The number of nitrogens with one attached hydrogen (secondary N) is 2. The first-order valence-corrected chi connectivity index (χ1v) is 7.79. The lowest BCUT2D eigenvalue weighted by Crippen LogP contribution is -2.42. The standard InChI is InChI=1S/C17H24N2O5/c1-11(2)9-18-17(22)19-15(20)10-23-14-7-5-13(6-8-14)16(21)24-12(3)4/h5-8,11-12H,9-10H2,1-4H3,(H2,18,19,20,22). The molecule has 0 atom stereocenters. The third-order valence-corrected chi connectivity index (χ3v) is 2.73. The van der Waals surface area contributed by atoms with Gasteiger partial charge in [0, 0.05) is 6.54 Å². The van der Waals surface area contributed by atoms with E-state index in [1.165, 1.54) is 0 Å². The lowest BCUT2D eigenvalue weighted by atomic mass is 10.2. The predicted molar refractivity (Wildman–Crippen MR) is 88.9 cm³/mol. The van der Waals surface area contributed by atoms with E-state index in [1.54, 1.807) is 38.1 Å². The Hall–Kier alpha value is -2.57. The lowest BCUT2D eigenvalue weighted by molar-refractivity contribution is -0.122. The van der Waals surface area contributed by atoms with Crippen LogP contribution in [0.5, 0.6) is 5.75 Å². The number of rotatable bonds is 7. The number of hydrogen-bond acceptors (Lipinski definition) is 5. The molecule has 7 nitrogen and oxygen atoms in total. The van der Waals surface area contributed by atoms with Gasteiger partial charge in [0.1, 0.15) is 5.75 Å². The van der Waals surface area contributed by atoms with Crippen LogP contribution in [0.25, 0.3) is 0 Å². The van der Waals surface area contributed by atoms with Crippen molar-refractivity contribution >= 4 is 17.9 Å². The Bertz CT molecular complexity index is 567. The molecule has 1 aromatic rings. The van der Waals surface area contributed by atoms with Crippen molar-refractivity contribution in [1.29, 1.82) is 0 Å². The number of carbonyl (C=O) groups is 3. The highest BCUT2D eigenvalue weighted by molar-refractivity contribution is 5.95. The summed E-state index contributed by atoms with van der Waals surface area (Å²) in [6, 6.07) is 5.66. The van der Waals surface area contributed by atoms with Gasteiger partial charge in [0.2, 0.25) is 0 Å². The van der Waals surface area contributed by atoms with Crippen LogP contribution in [0.4, 0.5) is 4.79 Å². The van der Waals surface area contributed by atoms with Gasteiger partial charge in [-0.2, -0.15) is 0 Å². The van der Waals surface area contributed by atoms with Crippen LogP contribution in [0.2, 0.25) is 0 Å². The largest absolute Gasteiger partial charge is 0.484 e. The normalized spacial score (nSPS) is 10.4. The second-order valence-electron chi connectivity index (χ2n) is 5.92. The number of amides is 3. The summed E-state index contributed by atoms with van der Waals surface area (Å²) < 4.78 is 10.3. The van der Waals surface area contributed by atoms with E-state index in [-0.39, 0.29) is 12.7 Å². The first-order valence-electron chi connectivity index (χ1n) is 7.79. The molecule has 3 amide bonds. The van der Waals surface area contributed by atoms with Crippen LogP contribution in [0.3, 0.4) is 0 Å². The van der Waals surface area contributed by atoms with E-state index in [0.717, 1.165) is 0 Å². The molecule has 132 valence electrons. The van der Waals surface area contributed by atoms with E-state index in [9.17, 15) is 14.4 Å². The zero-order valence-electron chi connectivity index (χ0n) is 14.4. The molecule has 0 aliphatic carbocycles. The Kier molecular flexibility index (Phi) is 7.74. The molecule has 1 rings (SSSR count). The number of imide groups is 1. The number of esters is 1. The van der Waals surface area contributed by atoms with Crippen molar-refractivity contribution in [3.8, 4) is 5.75 Å². The van der Waals surface area contributed by atoms with Gasteiger partial charge in [0.25, 0.3) is 5.91 Å². The summed E-state index contributed by atoms with van der Waals surface area (Å²) in [5, 5.41) is 4.74. The number of hydrogen-bond donors (Lipinski definition) is 2. The molecule has 0 heterocycles. The van der Waals surface area contributed by atoms with Crippen molar-refractivity contribution in [2.75, 3.05) is 13.2 Å². The topological polar surface area (TPSA) is 93.7 Å². The predicted octanol–water partition coefficient (Wildman–Crippen LogP) is 2.11. The average Bonchev–Trinajstić information content (AvgIpc) is 2.50. The summed E-state index contributed by atoms with van der Waals surface area (Å²) in [6.07, 6.45) is -0.195. The molecule has 0 aliphatic rings. The minimum atomic E-state index is -0.556. The summed E-state index contributed by atoms with van der Waals surface area (Å²) in [5.41, 5.74) is 0.397. The van der Waals surface area contributed by atoms with Gasteiger partial charge in [0.15, 0.2) is 6.61 Å². The van der Waals surface area contributed by atoms with Crippen molar-refractivity contribution < 1.29 is 23.9 Å². The van der Waals surface area contributed by atoms with Crippen LogP contribution < -0.4 is 15.4 Å². The van der Waals surface area contributed by atoms with E-state index in [2.05, 4.69) is 10.6 Å². The molecule has 7 heteroatoms. The number of carbonyl (C=O) groups excluding carboxylic acids is 3. The second-order valence-corrected chi connectivity index (χ2v) is 5.92. The molecule has 0 spiro atoms. The highest BCUT2D eigenvalue weighted by Crippen LogP contribution is 2.13. The summed E-state index contributed by atoms with van der Waals surface area (Å²) in [4.78, 5) is 34.7. The summed E-state index contributed by atoms with van der Waals surface area (Å²) in [5.74, 6) is -0.271. The van der Waals surface area contributed by atoms with Crippen molar-refractivity contribution in [1.82, 2.24) is 10.6 Å². The molecule has 0 fully saturated rings. The first-order chi connectivity index (χ1) is 11.3. The Morgan fingerprint density at radius 3 is 2.21 bits per heavy atom. The van der Waals surface area contributed by atoms with Crippen molar-refractivity contribution in [3.05, 3.63) is 29.8 Å². The molecule has 0 saturated heterocycles. The van der Waals surface area contributed by atoms with Crippen LogP contribution >= 0.6 is 0 Å². The van der Waals surface area contributed by atoms with E-state index in [4.69, 9.17) is 9.47 Å². The third-order valence-electron chi connectivity index (χ3n) is 2.73. The van der Waals surface area contributed by atoms with Gasteiger partial charge in [-0.3, -0.25) is 10.1 Å². The maximum absolute atomic E-state index is 11.7. The van der Waals surface area contributed by atoms with Crippen molar-refractivity contribution in [3.63, 3.8) is 0 Å². The maximum atomic E-state index is 11.7. The molecular formula is C17H24N2O5. The molecule has 0 bridgehead atoms. The van der Waals surface area contributed by atoms with Gasteiger partial charge in [-0.05, 0) is 44.0 Å². The third kappa shape index (κ3) is 7.62. The first kappa shape index (κ1) is 19.5. The number of ether oxygens (including phenoxy) is 2. The zero-order chi connectivity index (χ0) is 18.1. The Labute approximate surface area is 141 Å². The fourth-order valence-electron chi connectivity index (χ4n) is 1.62. The van der Waals surface area contributed by atoms with Gasteiger partial charge < -0.3 is 14.8 Å². The van der Waals surface area contributed by atoms with Crippen LogP contribution in [0.15, 0.2) is 24.3 Å². The molecular weight excluding hydrogens is 312 g/mol. The number of urea groups is 1. The molecule has 0 aromatic heterocycles. The van der Waals surface area contributed by atoms with Crippen LogP contribution in [-0.4, -0.2) is 37.2 Å². The average molecular weight is 336 g/mol. The van der Waals surface area contributed by atoms with Gasteiger partial charge >= 0.3 is 12.0 Å². The summed E-state index contributed by atoms with van der Waals surface area (Å²) in [7, 11) is 0. The quantitative estimate of drug-likeness (QED) is 0.744. The maximum Gasteiger partial charge on any atom is 0.338 e. The lowest BCUT2D eigenvalue weighted by Gasteiger charge is -2.10. The summed E-state index contributed by atoms with van der Waals surface area (Å²) in [6.45, 7) is 7.62. The van der Waals surface area contributed by atoms with E-state index in [1.807, 2.05) is 13.8 Å². The molecule has 0 radical (unpaired) electrons.